The number of thiazole rings is 1. The first kappa shape index (κ1) is 21.0. The van der Waals surface area contributed by atoms with Crippen LogP contribution in [0, 0.1) is 0 Å². The van der Waals surface area contributed by atoms with Crippen LogP contribution in [0.5, 0.6) is 0 Å². The molecular weight excluding hydrogens is 414 g/mol. The number of fused-ring (bicyclic) bond motifs is 1. The van der Waals surface area contributed by atoms with E-state index in [2.05, 4.69) is 46.2 Å². The van der Waals surface area contributed by atoms with E-state index in [-0.39, 0.29) is 0 Å². The molecular formula is C20H20ClN3O4S. The van der Waals surface area contributed by atoms with Gasteiger partial charge in [-0.05, 0) is 29.8 Å². The molecule has 0 aliphatic carbocycles. The number of piperazine rings is 1. The highest BCUT2D eigenvalue weighted by molar-refractivity contribution is 7.22. The highest BCUT2D eigenvalue weighted by atomic mass is 35.5. The Balaban J connectivity index is 0.000000353. The summed E-state index contributed by atoms with van der Waals surface area (Å²) < 4.78 is 1.27. The highest BCUT2D eigenvalue weighted by Crippen LogP contribution is 2.29. The predicted octanol–water partition coefficient (Wildman–Crippen LogP) is 3.43. The van der Waals surface area contributed by atoms with Crippen molar-refractivity contribution in [3.63, 3.8) is 0 Å². The lowest BCUT2D eigenvalue weighted by Crippen LogP contribution is -2.45. The summed E-state index contributed by atoms with van der Waals surface area (Å²) >= 11 is 7.74. The molecule has 0 bridgehead atoms. The Hall–Kier alpha value is -2.68. The molecule has 0 unspecified atom stereocenters. The number of aliphatic carboxylic acids is 2. The number of para-hydroxylation sites is 1. The number of anilines is 1. The van der Waals surface area contributed by atoms with Gasteiger partial charge in [-0.15, -0.1) is 0 Å². The third-order valence-corrected chi connectivity index (χ3v) is 5.78. The van der Waals surface area contributed by atoms with Crippen molar-refractivity contribution >= 4 is 50.2 Å². The summed E-state index contributed by atoms with van der Waals surface area (Å²) in [4.78, 5) is 27.9. The molecule has 1 saturated heterocycles. The number of benzene rings is 2. The van der Waals surface area contributed by atoms with E-state index in [1.54, 1.807) is 11.3 Å². The average Bonchev–Trinajstić information content (AvgIpc) is 3.15. The minimum Gasteiger partial charge on any atom is -0.473 e. The predicted molar refractivity (Wildman–Crippen MR) is 114 cm³/mol. The second-order valence-corrected chi connectivity index (χ2v) is 7.91. The monoisotopic (exact) mass is 433 g/mol. The van der Waals surface area contributed by atoms with Crippen molar-refractivity contribution in [2.24, 2.45) is 0 Å². The third kappa shape index (κ3) is 5.90. The van der Waals surface area contributed by atoms with E-state index in [0.717, 1.165) is 48.4 Å². The normalized spacial score (nSPS) is 14.3. The lowest BCUT2D eigenvalue weighted by Gasteiger charge is -2.34. The van der Waals surface area contributed by atoms with Gasteiger partial charge in [0.15, 0.2) is 5.13 Å². The van der Waals surface area contributed by atoms with Crippen LogP contribution in [0.4, 0.5) is 5.13 Å². The van der Waals surface area contributed by atoms with Crippen molar-refractivity contribution in [2.45, 2.75) is 6.54 Å². The molecule has 3 aromatic rings. The van der Waals surface area contributed by atoms with Crippen LogP contribution in [-0.2, 0) is 16.1 Å². The smallest absolute Gasteiger partial charge is 0.414 e. The van der Waals surface area contributed by atoms with E-state index < -0.39 is 11.9 Å². The summed E-state index contributed by atoms with van der Waals surface area (Å²) in [6.07, 6.45) is 0. The number of rotatable bonds is 3. The topological polar surface area (TPSA) is 94.0 Å². The fraction of sp³-hybridized carbons (Fsp3) is 0.250. The molecule has 4 rings (SSSR count). The fourth-order valence-corrected chi connectivity index (χ4v) is 4.08. The van der Waals surface area contributed by atoms with E-state index >= 15 is 0 Å². The van der Waals surface area contributed by atoms with E-state index in [1.165, 1.54) is 10.3 Å². The number of aromatic nitrogens is 1. The van der Waals surface area contributed by atoms with Crippen LogP contribution in [0.3, 0.4) is 0 Å². The molecule has 1 aliphatic rings. The quantitative estimate of drug-likeness (QED) is 0.611. The van der Waals surface area contributed by atoms with Crippen LogP contribution in [0.15, 0.2) is 48.5 Å². The van der Waals surface area contributed by atoms with Crippen molar-refractivity contribution in [1.82, 2.24) is 9.88 Å². The van der Waals surface area contributed by atoms with Crippen molar-refractivity contribution in [3.8, 4) is 0 Å². The third-order valence-electron chi connectivity index (χ3n) is 4.43. The maximum absolute atomic E-state index is 9.10. The van der Waals surface area contributed by atoms with Gasteiger partial charge in [-0.3, -0.25) is 4.90 Å². The molecule has 0 radical (unpaired) electrons. The Morgan fingerprint density at radius 3 is 2.17 bits per heavy atom. The molecule has 2 N–H and O–H groups in total. The van der Waals surface area contributed by atoms with Gasteiger partial charge in [0.25, 0.3) is 0 Å². The summed E-state index contributed by atoms with van der Waals surface area (Å²) in [6, 6.07) is 16.5. The summed E-state index contributed by atoms with van der Waals surface area (Å²) in [5.74, 6) is -3.65. The molecule has 1 fully saturated rings. The minimum absolute atomic E-state index is 0.800. The number of hydrogen-bond donors (Lipinski definition) is 2. The van der Waals surface area contributed by atoms with Crippen LogP contribution in [0.1, 0.15) is 5.56 Å². The number of nitrogens with zero attached hydrogens (tertiary/aromatic N) is 3. The Labute approximate surface area is 176 Å². The first-order valence-electron chi connectivity index (χ1n) is 8.96. The average molecular weight is 434 g/mol. The van der Waals surface area contributed by atoms with Crippen molar-refractivity contribution in [2.75, 3.05) is 31.1 Å². The summed E-state index contributed by atoms with van der Waals surface area (Å²) in [7, 11) is 0. The molecule has 0 amide bonds. The standard InChI is InChI=1S/C18H18ClN3S.C2H2O4/c19-15-7-5-14(6-8-15)13-21-9-11-22(12-10-21)18-20-16-3-1-2-4-17(16)23-18;3-1(4)2(5)6/h1-8H,9-13H2;(H,3,4)(H,5,6). The number of carbonyl (C=O) groups is 2. The van der Waals surface area contributed by atoms with Crippen LogP contribution in [-0.4, -0.2) is 58.2 Å². The highest BCUT2D eigenvalue weighted by Gasteiger charge is 2.19. The molecule has 2 aromatic carbocycles. The SMILES string of the molecule is Clc1ccc(CN2CCN(c3nc4ccccc4s3)CC2)cc1.O=C(O)C(=O)O. The molecule has 1 aromatic heterocycles. The van der Waals surface area contributed by atoms with Gasteiger partial charge in [-0.2, -0.15) is 0 Å². The number of carboxylic acids is 2. The first-order chi connectivity index (χ1) is 13.9. The number of carboxylic acid groups (broad SMARTS) is 2. The molecule has 152 valence electrons. The lowest BCUT2D eigenvalue weighted by atomic mass is 10.2. The Morgan fingerprint density at radius 1 is 0.966 bits per heavy atom. The molecule has 9 heteroatoms. The van der Waals surface area contributed by atoms with Gasteiger partial charge in [0.2, 0.25) is 0 Å². The van der Waals surface area contributed by atoms with E-state index in [0.29, 0.717) is 0 Å². The molecule has 0 saturated carbocycles. The van der Waals surface area contributed by atoms with Gasteiger partial charge < -0.3 is 15.1 Å². The molecule has 1 aliphatic heterocycles. The zero-order valence-electron chi connectivity index (χ0n) is 15.5. The van der Waals surface area contributed by atoms with Crippen LogP contribution in [0.25, 0.3) is 10.2 Å². The molecule has 0 atom stereocenters. The second-order valence-electron chi connectivity index (χ2n) is 6.46. The van der Waals surface area contributed by atoms with E-state index in [1.807, 2.05) is 12.1 Å². The molecule has 7 nitrogen and oxygen atoms in total. The van der Waals surface area contributed by atoms with Gasteiger partial charge in [-0.25, -0.2) is 14.6 Å². The molecule has 2 heterocycles. The van der Waals surface area contributed by atoms with Gasteiger partial charge in [0.05, 0.1) is 10.2 Å². The van der Waals surface area contributed by atoms with Gasteiger partial charge in [0.1, 0.15) is 0 Å². The van der Waals surface area contributed by atoms with E-state index in [4.69, 9.17) is 36.4 Å². The first-order valence-corrected chi connectivity index (χ1v) is 10.2. The fourth-order valence-electron chi connectivity index (χ4n) is 2.94. The van der Waals surface area contributed by atoms with Gasteiger partial charge >= 0.3 is 11.9 Å². The van der Waals surface area contributed by atoms with Gasteiger partial charge in [0, 0.05) is 37.7 Å². The largest absolute Gasteiger partial charge is 0.473 e. The van der Waals surface area contributed by atoms with E-state index in [9.17, 15) is 0 Å². The van der Waals surface area contributed by atoms with Crippen LogP contribution in [0.2, 0.25) is 5.02 Å². The number of halogens is 1. The molecule has 29 heavy (non-hydrogen) atoms. The minimum atomic E-state index is -1.82. The van der Waals surface area contributed by atoms with Crippen molar-refractivity contribution in [1.29, 1.82) is 0 Å². The maximum Gasteiger partial charge on any atom is 0.414 e. The summed E-state index contributed by atoms with van der Waals surface area (Å²) in [5.41, 5.74) is 2.43. The van der Waals surface area contributed by atoms with Crippen LogP contribution < -0.4 is 4.90 Å². The second kappa shape index (κ2) is 9.69. The maximum atomic E-state index is 9.10. The molecule has 0 spiro atoms. The zero-order valence-corrected chi connectivity index (χ0v) is 17.1. The lowest BCUT2D eigenvalue weighted by molar-refractivity contribution is -0.159. The summed E-state index contributed by atoms with van der Waals surface area (Å²) in [5, 5.41) is 16.7. The summed E-state index contributed by atoms with van der Waals surface area (Å²) in [6.45, 7) is 5.20. The van der Waals surface area contributed by atoms with Crippen molar-refractivity contribution < 1.29 is 19.8 Å². The Kier molecular flexibility index (Phi) is 7.03. The van der Waals surface area contributed by atoms with Gasteiger partial charge in [-0.1, -0.05) is 47.2 Å². The Morgan fingerprint density at radius 2 is 1.59 bits per heavy atom. The van der Waals surface area contributed by atoms with Crippen LogP contribution >= 0.6 is 22.9 Å². The van der Waals surface area contributed by atoms with Crippen molar-refractivity contribution in [3.05, 3.63) is 59.1 Å². The number of hydrogen-bond acceptors (Lipinski definition) is 6. The zero-order chi connectivity index (χ0) is 20.8. The Bertz CT molecular complexity index is 940.